The van der Waals surface area contributed by atoms with E-state index in [1.807, 2.05) is 6.92 Å². The second-order valence-electron chi connectivity index (χ2n) is 4.14. The van der Waals surface area contributed by atoms with Crippen LogP contribution < -0.4 is 11.1 Å². The zero-order chi connectivity index (χ0) is 13.7. The molecule has 0 aliphatic rings. The van der Waals surface area contributed by atoms with Gasteiger partial charge in [0.2, 0.25) is 5.91 Å². The van der Waals surface area contributed by atoms with E-state index >= 15 is 0 Å². The molecule has 1 aromatic rings. The number of carbonyl (C=O) groups excluding carboxylic acids is 1. The number of amides is 1. The Bertz CT molecular complexity index is 463. The van der Waals surface area contributed by atoms with Crippen LogP contribution in [0.1, 0.15) is 23.7 Å². The van der Waals surface area contributed by atoms with E-state index in [1.54, 1.807) is 12.1 Å². The normalized spacial score (nSPS) is 11.9. The third-order valence-corrected chi connectivity index (χ3v) is 2.72. The van der Waals surface area contributed by atoms with E-state index in [4.69, 9.17) is 22.4 Å². The smallest absolute Gasteiger partial charge is 0.303 e. The van der Waals surface area contributed by atoms with E-state index in [1.165, 1.54) is 6.07 Å². The summed E-state index contributed by atoms with van der Waals surface area (Å²) in [7, 11) is 0. The van der Waals surface area contributed by atoms with Crippen molar-refractivity contribution in [3.63, 3.8) is 0 Å². The molecule has 5 nitrogen and oxygen atoms in total. The number of carboxylic acid groups (broad SMARTS) is 1. The molecule has 0 aromatic heterocycles. The molecule has 0 aliphatic carbocycles. The number of halogens is 1. The highest BCUT2D eigenvalue weighted by Crippen LogP contribution is 2.21. The van der Waals surface area contributed by atoms with Gasteiger partial charge in [-0.25, -0.2) is 0 Å². The predicted molar refractivity (Wildman–Crippen MR) is 69.9 cm³/mol. The Morgan fingerprint density at radius 1 is 1.50 bits per heavy atom. The van der Waals surface area contributed by atoms with Crippen molar-refractivity contribution in [1.82, 2.24) is 0 Å². The molecule has 18 heavy (non-hydrogen) atoms. The number of hydrogen-bond donors (Lipinski definition) is 3. The van der Waals surface area contributed by atoms with Crippen molar-refractivity contribution in [3.05, 3.63) is 28.8 Å². The van der Waals surface area contributed by atoms with Crippen LogP contribution in [0.25, 0.3) is 0 Å². The van der Waals surface area contributed by atoms with Crippen molar-refractivity contribution >= 4 is 29.2 Å². The SMILES string of the molecule is CC(CNc1ccc(C(N)=O)c(Cl)c1)CC(=O)O. The second kappa shape index (κ2) is 6.26. The molecule has 1 amide bonds. The van der Waals surface area contributed by atoms with Crippen molar-refractivity contribution in [2.75, 3.05) is 11.9 Å². The zero-order valence-electron chi connectivity index (χ0n) is 9.94. The van der Waals surface area contributed by atoms with Crippen molar-refractivity contribution < 1.29 is 14.7 Å². The quantitative estimate of drug-likeness (QED) is 0.737. The molecule has 1 rings (SSSR count). The standard InChI is InChI=1S/C12H15ClN2O3/c1-7(4-11(16)17)6-15-8-2-3-9(12(14)18)10(13)5-8/h2-3,5,7,15H,4,6H2,1H3,(H2,14,18)(H,16,17). The van der Waals surface area contributed by atoms with E-state index in [0.717, 1.165) is 5.69 Å². The van der Waals surface area contributed by atoms with Gasteiger partial charge in [-0.15, -0.1) is 0 Å². The van der Waals surface area contributed by atoms with Gasteiger partial charge >= 0.3 is 5.97 Å². The maximum atomic E-state index is 11.0. The van der Waals surface area contributed by atoms with Gasteiger partial charge in [-0.3, -0.25) is 9.59 Å². The minimum absolute atomic E-state index is 0.00269. The Hall–Kier alpha value is -1.75. The molecule has 6 heteroatoms. The summed E-state index contributed by atoms with van der Waals surface area (Å²) in [5.74, 6) is -1.41. The molecule has 0 fully saturated rings. The molecule has 0 radical (unpaired) electrons. The van der Waals surface area contributed by atoms with E-state index in [-0.39, 0.29) is 22.9 Å². The largest absolute Gasteiger partial charge is 0.481 e. The summed E-state index contributed by atoms with van der Waals surface area (Å²) in [6.07, 6.45) is 0.0973. The predicted octanol–water partition coefficient (Wildman–Crippen LogP) is 1.96. The van der Waals surface area contributed by atoms with Crippen molar-refractivity contribution in [2.24, 2.45) is 11.7 Å². The monoisotopic (exact) mass is 270 g/mol. The summed E-state index contributed by atoms with van der Waals surface area (Å²) < 4.78 is 0. The lowest BCUT2D eigenvalue weighted by Gasteiger charge is -2.12. The lowest BCUT2D eigenvalue weighted by Crippen LogP contribution is -2.15. The van der Waals surface area contributed by atoms with E-state index in [9.17, 15) is 9.59 Å². The number of carboxylic acids is 1. The van der Waals surface area contributed by atoms with Gasteiger partial charge in [-0.2, -0.15) is 0 Å². The van der Waals surface area contributed by atoms with Crippen LogP contribution in [-0.4, -0.2) is 23.5 Å². The number of hydrogen-bond acceptors (Lipinski definition) is 3. The van der Waals surface area contributed by atoms with E-state index in [0.29, 0.717) is 6.54 Å². The third kappa shape index (κ3) is 4.25. The topological polar surface area (TPSA) is 92.4 Å². The lowest BCUT2D eigenvalue weighted by molar-refractivity contribution is -0.137. The molecule has 98 valence electrons. The molecule has 0 bridgehead atoms. The van der Waals surface area contributed by atoms with Crippen molar-refractivity contribution in [3.8, 4) is 0 Å². The average molecular weight is 271 g/mol. The molecule has 1 unspecified atom stereocenters. The third-order valence-electron chi connectivity index (χ3n) is 2.41. The van der Waals surface area contributed by atoms with Crippen LogP contribution in [0.4, 0.5) is 5.69 Å². The minimum Gasteiger partial charge on any atom is -0.481 e. The van der Waals surface area contributed by atoms with Gasteiger partial charge in [0, 0.05) is 18.7 Å². The van der Waals surface area contributed by atoms with Crippen molar-refractivity contribution in [2.45, 2.75) is 13.3 Å². The summed E-state index contributed by atoms with van der Waals surface area (Å²) in [6, 6.07) is 4.81. The average Bonchev–Trinajstić information content (AvgIpc) is 2.25. The van der Waals surface area contributed by atoms with Gasteiger partial charge in [0.15, 0.2) is 0 Å². The molecule has 0 saturated heterocycles. The zero-order valence-corrected chi connectivity index (χ0v) is 10.7. The van der Waals surface area contributed by atoms with Gasteiger partial charge in [-0.05, 0) is 24.1 Å². The van der Waals surface area contributed by atoms with E-state index in [2.05, 4.69) is 5.32 Å². The molecule has 0 heterocycles. The molecule has 1 aromatic carbocycles. The first-order valence-electron chi connectivity index (χ1n) is 5.45. The fraction of sp³-hybridized carbons (Fsp3) is 0.333. The minimum atomic E-state index is -0.827. The Balaban J connectivity index is 2.61. The van der Waals surface area contributed by atoms with Crippen LogP contribution in [0.3, 0.4) is 0 Å². The highest BCUT2D eigenvalue weighted by Gasteiger charge is 2.09. The number of nitrogens with one attached hydrogen (secondary N) is 1. The number of nitrogens with two attached hydrogens (primary N) is 1. The highest BCUT2D eigenvalue weighted by molar-refractivity contribution is 6.34. The molecular formula is C12H15ClN2O3. The number of aliphatic carboxylic acids is 1. The van der Waals surface area contributed by atoms with Gasteiger partial charge in [0.25, 0.3) is 0 Å². The van der Waals surface area contributed by atoms with Gasteiger partial charge < -0.3 is 16.2 Å². The second-order valence-corrected chi connectivity index (χ2v) is 4.55. The first-order chi connectivity index (χ1) is 8.40. The Kier molecular flexibility index (Phi) is 4.97. The summed E-state index contributed by atoms with van der Waals surface area (Å²) in [5.41, 5.74) is 6.12. The molecule has 0 spiro atoms. The fourth-order valence-electron chi connectivity index (χ4n) is 1.49. The highest BCUT2D eigenvalue weighted by atomic mass is 35.5. The number of rotatable bonds is 6. The Labute approximate surface area is 110 Å². The van der Waals surface area contributed by atoms with Gasteiger partial charge in [0.1, 0.15) is 0 Å². The lowest BCUT2D eigenvalue weighted by atomic mass is 10.1. The first kappa shape index (κ1) is 14.3. The fourth-order valence-corrected chi connectivity index (χ4v) is 1.76. The molecule has 1 atom stereocenters. The van der Waals surface area contributed by atoms with Crippen molar-refractivity contribution in [1.29, 1.82) is 0 Å². The summed E-state index contributed by atoms with van der Waals surface area (Å²) >= 11 is 5.89. The van der Waals surface area contributed by atoms with Crippen LogP contribution in [0.5, 0.6) is 0 Å². The van der Waals surface area contributed by atoms with Crippen LogP contribution >= 0.6 is 11.6 Å². The molecule has 0 aliphatic heterocycles. The van der Waals surface area contributed by atoms with Crippen LogP contribution in [0.2, 0.25) is 5.02 Å². The molecule has 4 N–H and O–H groups in total. The summed E-state index contributed by atoms with van der Waals surface area (Å²) in [6.45, 7) is 2.35. The maximum absolute atomic E-state index is 11.0. The number of carbonyl (C=O) groups is 2. The number of anilines is 1. The van der Waals surface area contributed by atoms with Crippen LogP contribution in [0, 0.1) is 5.92 Å². The van der Waals surface area contributed by atoms with Crippen LogP contribution in [0.15, 0.2) is 18.2 Å². The number of primary amides is 1. The Morgan fingerprint density at radius 2 is 2.17 bits per heavy atom. The summed E-state index contributed by atoms with van der Waals surface area (Å²) in [4.78, 5) is 21.5. The number of benzene rings is 1. The molecular weight excluding hydrogens is 256 g/mol. The van der Waals surface area contributed by atoms with Gasteiger partial charge in [-0.1, -0.05) is 18.5 Å². The molecule has 0 saturated carbocycles. The Morgan fingerprint density at radius 3 is 2.67 bits per heavy atom. The first-order valence-corrected chi connectivity index (χ1v) is 5.83. The van der Waals surface area contributed by atoms with E-state index < -0.39 is 11.9 Å². The maximum Gasteiger partial charge on any atom is 0.303 e. The summed E-state index contributed by atoms with van der Waals surface area (Å²) in [5, 5.41) is 12.0. The van der Waals surface area contributed by atoms with Gasteiger partial charge in [0.05, 0.1) is 10.6 Å². The van der Waals surface area contributed by atoms with Crippen LogP contribution in [-0.2, 0) is 4.79 Å².